The van der Waals surface area contributed by atoms with E-state index in [9.17, 15) is 0 Å². The van der Waals surface area contributed by atoms with Gasteiger partial charge in [-0.2, -0.15) is 5.10 Å². The first-order chi connectivity index (χ1) is 14.7. The molecule has 3 aromatic carbocycles. The van der Waals surface area contributed by atoms with Crippen LogP contribution in [0.3, 0.4) is 0 Å². The van der Waals surface area contributed by atoms with Gasteiger partial charge in [0.05, 0.1) is 31.7 Å². The number of nitrogens with zero attached hydrogens (tertiary/aromatic N) is 2. The van der Waals surface area contributed by atoms with E-state index in [1.165, 1.54) is 0 Å². The van der Waals surface area contributed by atoms with Crippen LogP contribution in [0.4, 0.5) is 5.69 Å². The minimum absolute atomic E-state index is 0.0274. The Kier molecular flexibility index (Phi) is 6.05. The lowest BCUT2D eigenvalue weighted by Crippen LogP contribution is -2.19. The zero-order valence-electron chi connectivity index (χ0n) is 17.0. The minimum Gasteiger partial charge on any atom is -0.496 e. The molecule has 0 fully saturated rings. The summed E-state index contributed by atoms with van der Waals surface area (Å²) < 4.78 is 11.1. The molecule has 4 nitrogen and oxygen atoms in total. The van der Waals surface area contributed by atoms with Crippen LogP contribution in [0.15, 0.2) is 84.0 Å². The summed E-state index contributed by atoms with van der Waals surface area (Å²) >= 11 is 6.10. The van der Waals surface area contributed by atoms with Gasteiger partial charge in [-0.05, 0) is 48.6 Å². The summed E-state index contributed by atoms with van der Waals surface area (Å²) in [5, 5.41) is 7.65. The highest BCUT2D eigenvalue weighted by molar-refractivity contribution is 6.30. The molecule has 0 N–H and O–H groups in total. The molecular formula is C25H23ClN2O2. The normalized spacial score (nSPS) is 16.0. The monoisotopic (exact) mass is 418 g/mol. The Hall–Kier alpha value is -3.24. The number of allylic oxidation sites excluding steroid dienone is 1. The van der Waals surface area contributed by atoms with Crippen molar-refractivity contribution in [2.24, 2.45) is 5.10 Å². The van der Waals surface area contributed by atoms with Gasteiger partial charge in [0.25, 0.3) is 0 Å². The summed E-state index contributed by atoms with van der Waals surface area (Å²) in [4.78, 5) is 0. The largest absolute Gasteiger partial charge is 0.496 e. The van der Waals surface area contributed by atoms with Crippen LogP contribution in [0.1, 0.15) is 23.6 Å². The summed E-state index contributed by atoms with van der Waals surface area (Å²) in [5.41, 5.74) is 4.07. The molecule has 1 aliphatic rings. The second-order valence-corrected chi connectivity index (χ2v) is 7.39. The van der Waals surface area contributed by atoms with Crippen LogP contribution in [0, 0.1) is 0 Å². The zero-order chi connectivity index (χ0) is 20.9. The lowest BCUT2D eigenvalue weighted by atomic mass is 9.99. The predicted octanol–water partition coefficient (Wildman–Crippen LogP) is 6.38. The summed E-state index contributed by atoms with van der Waals surface area (Å²) in [7, 11) is 3.38. The lowest BCUT2D eigenvalue weighted by Gasteiger charge is -2.25. The van der Waals surface area contributed by atoms with Gasteiger partial charge in [0.15, 0.2) is 0 Å². The Bertz CT molecular complexity index is 1080. The number of hydrogen-bond donors (Lipinski definition) is 0. The number of rotatable bonds is 6. The van der Waals surface area contributed by atoms with Crippen molar-refractivity contribution in [3.8, 4) is 11.5 Å². The van der Waals surface area contributed by atoms with Crippen molar-refractivity contribution in [3.63, 3.8) is 0 Å². The molecule has 0 amide bonds. The van der Waals surface area contributed by atoms with Gasteiger partial charge in [0, 0.05) is 22.6 Å². The summed E-state index contributed by atoms with van der Waals surface area (Å²) in [5.74, 6) is 1.69. The summed E-state index contributed by atoms with van der Waals surface area (Å²) in [6, 6.07) is 23.8. The van der Waals surface area contributed by atoms with Crippen molar-refractivity contribution < 1.29 is 9.47 Å². The van der Waals surface area contributed by atoms with E-state index in [-0.39, 0.29) is 6.04 Å². The van der Waals surface area contributed by atoms with Crippen molar-refractivity contribution in [2.75, 3.05) is 19.2 Å². The fraction of sp³-hybridized carbons (Fsp3) is 0.160. The first-order valence-corrected chi connectivity index (χ1v) is 10.1. The summed E-state index contributed by atoms with van der Waals surface area (Å²) in [6.45, 7) is 0. The van der Waals surface area contributed by atoms with Crippen LogP contribution in [-0.4, -0.2) is 19.9 Å². The van der Waals surface area contributed by atoms with Crippen LogP contribution >= 0.6 is 11.6 Å². The molecule has 5 heteroatoms. The smallest absolute Gasteiger partial charge is 0.126 e. The highest BCUT2D eigenvalue weighted by atomic mass is 35.5. The fourth-order valence-electron chi connectivity index (χ4n) is 3.64. The number of hydrogen-bond acceptors (Lipinski definition) is 4. The maximum Gasteiger partial charge on any atom is 0.126 e. The van der Waals surface area contributed by atoms with Gasteiger partial charge in [0.2, 0.25) is 0 Å². The Morgan fingerprint density at radius 3 is 2.27 bits per heavy atom. The van der Waals surface area contributed by atoms with Gasteiger partial charge >= 0.3 is 0 Å². The quantitative estimate of drug-likeness (QED) is 0.466. The molecule has 0 saturated carbocycles. The third-order valence-electron chi connectivity index (χ3n) is 5.12. The highest BCUT2D eigenvalue weighted by Crippen LogP contribution is 2.39. The van der Waals surface area contributed by atoms with E-state index >= 15 is 0 Å². The Labute approximate surface area is 182 Å². The topological polar surface area (TPSA) is 34.1 Å². The van der Waals surface area contributed by atoms with Crippen LogP contribution in [-0.2, 0) is 0 Å². The van der Waals surface area contributed by atoms with E-state index in [0.29, 0.717) is 5.02 Å². The van der Waals surface area contributed by atoms with Crippen molar-refractivity contribution in [2.45, 2.75) is 12.5 Å². The molecule has 0 unspecified atom stereocenters. The second-order valence-electron chi connectivity index (χ2n) is 6.95. The number of hydrazone groups is 1. The Balaban J connectivity index is 1.69. The molecule has 152 valence electrons. The van der Waals surface area contributed by atoms with E-state index in [0.717, 1.165) is 40.4 Å². The molecular weight excluding hydrogens is 396 g/mol. The second kappa shape index (κ2) is 9.06. The Morgan fingerprint density at radius 2 is 1.53 bits per heavy atom. The number of anilines is 1. The van der Waals surface area contributed by atoms with Crippen molar-refractivity contribution >= 4 is 29.1 Å². The van der Waals surface area contributed by atoms with Crippen LogP contribution in [0.5, 0.6) is 11.5 Å². The molecule has 1 aliphatic heterocycles. The molecule has 0 bridgehead atoms. The number of ether oxygens (including phenoxy) is 2. The first kappa shape index (κ1) is 20.0. The molecule has 3 aromatic rings. The summed E-state index contributed by atoms with van der Waals surface area (Å²) in [6.07, 6.45) is 4.85. The van der Waals surface area contributed by atoms with Crippen LogP contribution < -0.4 is 14.5 Å². The van der Waals surface area contributed by atoms with E-state index in [4.69, 9.17) is 26.2 Å². The SMILES string of the molecule is COc1ccccc1/C=C\C1=NN(c2ccc(Cl)cc2)[C@H](c2ccccc2OC)C1. The number of methoxy groups -OCH3 is 2. The molecule has 0 aliphatic carbocycles. The molecule has 0 aromatic heterocycles. The van der Waals surface area contributed by atoms with Crippen molar-refractivity contribution in [1.82, 2.24) is 0 Å². The zero-order valence-corrected chi connectivity index (χ0v) is 17.7. The highest BCUT2D eigenvalue weighted by Gasteiger charge is 2.30. The van der Waals surface area contributed by atoms with Gasteiger partial charge < -0.3 is 9.47 Å². The molecule has 0 saturated heterocycles. The Morgan fingerprint density at radius 1 is 0.867 bits per heavy atom. The fourth-order valence-corrected chi connectivity index (χ4v) is 3.77. The third kappa shape index (κ3) is 4.19. The molecule has 1 atom stereocenters. The van der Waals surface area contributed by atoms with Gasteiger partial charge in [0.1, 0.15) is 11.5 Å². The van der Waals surface area contributed by atoms with Gasteiger partial charge in [-0.3, -0.25) is 5.01 Å². The molecule has 30 heavy (non-hydrogen) atoms. The number of para-hydroxylation sites is 2. The van der Waals surface area contributed by atoms with Gasteiger partial charge in [-0.15, -0.1) is 0 Å². The van der Waals surface area contributed by atoms with Gasteiger partial charge in [-0.1, -0.05) is 48.0 Å². The maximum atomic E-state index is 6.10. The average molecular weight is 419 g/mol. The average Bonchev–Trinajstić information content (AvgIpc) is 3.22. The van der Waals surface area contributed by atoms with Crippen molar-refractivity contribution in [1.29, 1.82) is 0 Å². The van der Waals surface area contributed by atoms with E-state index in [2.05, 4.69) is 12.1 Å². The standard InChI is InChI=1S/C25H23ClN2O2/c1-29-24-9-5-3-7-18(24)11-14-20-17-23(22-8-4-6-10-25(22)30-2)28(27-20)21-15-12-19(26)13-16-21/h3-16,23H,17H2,1-2H3/b14-11-/t23-/m0/s1. The number of halogens is 1. The lowest BCUT2D eigenvalue weighted by molar-refractivity contribution is 0.405. The van der Waals surface area contributed by atoms with Crippen molar-refractivity contribution in [3.05, 3.63) is 95.0 Å². The van der Waals surface area contributed by atoms with Gasteiger partial charge in [-0.25, -0.2) is 0 Å². The first-order valence-electron chi connectivity index (χ1n) is 9.76. The number of benzene rings is 3. The molecule has 0 spiro atoms. The molecule has 0 radical (unpaired) electrons. The van der Waals surface area contributed by atoms with E-state index < -0.39 is 0 Å². The third-order valence-corrected chi connectivity index (χ3v) is 5.37. The van der Waals surface area contributed by atoms with E-state index in [1.54, 1.807) is 14.2 Å². The van der Waals surface area contributed by atoms with Crippen LogP contribution in [0.25, 0.3) is 6.08 Å². The molecule has 1 heterocycles. The minimum atomic E-state index is 0.0274. The molecule has 4 rings (SSSR count). The maximum absolute atomic E-state index is 6.10. The van der Waals surface area contributed by atoms with Crippen LogP contribution in [0.2, 0.25) is 5.02 Å². The van der Waals surface area contributed by atoms with E-state index in [1.807, 2.05) is 77.8 Å². The predicted molar refractivity (Wildman–Crippen MR) is 124 cm³/mol.